The van der Waals surface area contributed by atoms with Crippen molar-refractivity contribution >= 4 is 57.4 Å². The van der Waals surface area contributed by atoms with E-state index in [0.717, 1.165) is 19.3 Å². The highest BCUT2D eigenvalue weighted by Gasteiger charge is 2.25. The molecule has 1 aliphatic rings. The summed E-state index contributed by atoms with van der Waals surface area (Å²) in [5, 5.41) is 3.33. The molecule has 2 amide bonds. The van der Waals surface area contributed by atoms with Gasteiger partial charge in [0.1, 0.15) is 4.32 Å². The summed E-state index contributed by atoms with van der Waals surface area (Å²) in [7, 11) is 0. The maximum absolute atomic E-state index is 11.8. The van der Waals surface area contributed by atoms with Gasteiger partial charge < -0.3 is 5.32 Å². The van der Waals surface area contributed by atoms with Crippen LogP contribution in [0.4, 0.5) is 5.69 Å². The van der Waals surface area contributed by atoms with Gasteiger partial charge in [0.2, 0.25) is 11.8 Å². The van der Waals surface area contributed by atoms with Crippen LogP contribution in [0, 0.1) is 0 Å². The molecule has 1 N–H and O–H groups in total. The Morgan fingerprint density at radius 1 is 1.32 bits per heavy atom. The van der Waals surface area contributed by atoms with Crippen LogP contribution in [0.2, 0.25) is 5.02 Å². The van der Waals surface area contributed by atoms with Gasteiger partial charge in [-0.1, -0.05) is 54.1 Å². The van der Waals surface area contributed by atoms with Crippen LogP contribution >= 0.6 is 35.6 Å². The minimum Gasteiger partial charge on any atom is -0.325 e. The number of nitrogens with zero attached hydrogens (tertiary/aromatic N) is 1. The summed E-state index contributed by atoms with van der Waals surface area (Å²) in [5.74, 6) is 0.502. The van der Waals surface area contributed by atoms with Crippen LogP contribution < -0.4 is 5.32 Å². The van der Waals surface area contributed by atoms with E-state index in [1.165, 1.54) is 11.8 Å². The first-order valence-corrected chi connectivity index (χ1v) is 8.86. The predicted octanol–water partition coefficient (Wildman–Crippen LogP) is 3.70. The van der Waals surface area contributed by atoms with Crippen molar-refractivity contribution in [3.8, 4) is 0 Å². The molecule has 0 bridgehead atoms. The lowest BCUT2D eigenvalue weighted by Gasteiger charge is -2.14. The van der Waals surface area contributed by atoms with Crippen molar-refractivity contribution in [1.82, 2.24) is 4.90 Å². The molecule has 4 nitrogen and oxygen atoms in total. The lowest BCUT2D eigenvalue weighted by molar-refractivity contribution is -0.124. The van der Waals surface area contributed by atoms with E-state index in [1.807, 2.05) is 12.1 Å². The second-order valence-corrected chi connectivity index (χ2v) is 6.96. The number of thiocarbonyl (C=S) groups is 1. The zero-order valence-electron chi connectivity index (χ0n) is 12.0. The van der Waals surface area contributed by atoms with E-state index in [0.29, 0.717) is 33.7 Å². The molecule has 1 fully saturated rings. The van der Waals surface area contributed by atoms with Gasteiger partial charge in [0, 0.05) is 13.0 Å². The molecule has 118 valence electrons. The second-order valence-electron chi connectivity index (χ2n) is 4.94. The van der Waals surface area contributed by atoms with Crippen molar-refractivity contribution in [3.05, 3.63) is 29.3 Å². The molecular formula is C15H17ClN2O2S2. The molecule has 1 saturated heterocycles. The van der Waals surface area contributed by atoms with Gasteiger partial charge in [0.15, 0.2) is 0 Å². The minimum atomic E-state index is -0.0450. The van der Waals surface area contributed by atoms with Gasteiger partial charge in [0.25, 0.3) is 0 Å². The fourth-order valence-corrected chi connectivity index (χ4v) is 3.41. The van der Waals surface area contributed by atoms with Crippen LogP contribution in [0.15, 0.2) is 24.3 Å². The number of carbonyl (C=O) groups excluding carboxylic acids is 2. The van der Waals surface area contributed by atoms with Crippen molar-refractivity contribution in [2.24, 2.45) is 0 Å². The monoisotopic (exact) mass is 356 g/mol. The first-order chi connectivity index (χ1) is 10.6. The van der Waals surface area contributed by atoms with Gasteiger partial charge in [-0.05, 0) is 25.0 Å². The maximum Gasteiger partial charge on any atom is 0.238 e. The highest BCUT2D eigenvalue weighted by molar-refractivity contribution is 8.23. The number of thioether (sulfide) groups is 1. The molecule has 0 saturated carbocycles. The number of nitrogens with one attached hydrogen (secondary N) is 1. The first kappa shape index (κ1) is 17.2. The summed E-state index contributed by atoms with van der Waals surface area (Å²) in [6.45, 7) is 0.650. The number of benzene rings is 1. The molecule has 1 aromatic rings. The highest BCUT2D eigenvalue weighted by atomic mass is 35.5. The normalized spacial score (nSPS) is 14.5. The van der Waals surface area contributed by atoms with Gasteiger partial charge in [-0.25, -0.2) is 0 Å². The number of halogens is 1. The fourth-order valence-electron chi connectivity index (χ4n) is 2.10. The molecule has 1 aromatic carbocycles. The Kier molecular flexibility index (Phi) is 6.67. The molecule has 0 spiro atoms. The van der Waals surface area contributed by atoms with E-state index in [-0.39, 0.29) is 11.8 Å². The van der Waals surface area contributed by atoms with Gasteiger partial charge in [-0.3, -0.25) is 14.5 Å². The van der Waals surface area contributed by atoms with Gasteiger partial charge in [-0.15, -0.1) is 0 Å². The lowest BCUT2D eigenvalue weighted by atomic mass is 10.2. The third kappa shape index (κ3) is 4.97. The zero-order chi connectivity index (χ0) is 15.9. The molecule has 0 aromatic heterocycles. The minimum absolute atomic E-state index is 0.0450. The Hall–Kier alpha value is -1.11. The third-order valence-corrected chi connectivity index (χ3v) is 5.04. The van der Waals surface area contributed by atoms with E-state index >= 15 is 0 Å². The largest absolute Gasteiger partial charge is 0.325 e. The Balaban J connectivity index is 1.62. The second kappa shape index (κ2) is 8.50. The van der Waals surface area contributed by atoms with Crippen molar-refractivity contribution < 1.29 is 9.59 Å². The van der Waals surface area contributed by atoms with Crippen LogP contribution in [0.1, 0.15) is 25.7 Å². The molecule has 7 heteroatoms. The summed E-state index contributed by atoms with van der Waals surface area (Å²) in [4.78, 5) is 25.0. The lowest BCUT2D eigenvalue weighted by Crippen LogP contribution is -2.29. The molecule has 22 heavy (non-hydrogen) atoms. The van der Waals surface area contributed by atoms with Crippen LogP contribution in [0.25, 0.3) is 0 Å². The SMILES string of the molecule is O=C(CCCCCN1C(=O)CSC1=S)Nc1ccccc1Cl. The molecular weight excluding hydrogens is 340 g/mol. The number of amides is 2. The summed E-state index contributed by atoms with van der Waals surface area (Å²) in [6, 6.07) is 7.17. The van der Waals surface area contributed by atoms with Crippen molar-refractivity contribution in [1.29, 1.82) is 0 Å². The molecule has 0 radical (unpaired) electrons. The van der Waals surface area contributed by atoms with E-state index in [1.54, 1.807) is 17.0 Å². The number of para-hydroxylation sites is 1. The number of hydrogen-bond donors (Lipinski definition) is 1. The average molecular weight is 357 g/mol. The van der Waals surface area contributed by atoms with Crippen molar-refractivity contribution in [2.45, 2.75) is 25.7 Å². The number of rotatable bonds is 7. The summed E-state index contributed by atoms with van der Waals surface area (Å²) in [6.07, 6.45) is 2.95. The number of anilines is 1. The smallest absolute Gasteiger partial charge is 0.238 e. The van der Waals surface area contributed by atoms with E-state index < -0.39 is 0 Å². The van der Waals surface area contributed by atoms with Crippen LogP contribution in [-0.4, -0.2) is 33.3 Å². The summed E-state index contributed by atoms with van der Waals surface area (Å²) in [5.41, 5.74) is 0.638. The highest BCUT2D eigenvalue weighted by Crippen LogP contribution is 2.21. The molecule has 2 rings (SSSR count). The van der Waals surface area contributed by atoms with Crippen LogP contribution in [-0.2, 0) is 9.59 Å². The molecule has 1 aliphatic heterocycles. The third-order valence-electron chi connectivity index (χ3n) is 3.27. The standard InChI is InChI=1S/C15H17ClN2O2S2/c16-11-6-3-4-7-12(11)17-13(19)8-2-1-5-9-18-14(20)10-22-15(18)21/h3-4,6-7H,1-2,5,8-10H2,(H,17,19). The number of unbranched alkanes of at least 4 members (excludes halogenated alkanes) is 2. The Labute approximate surface area is 144 Å². The molecule has 0 aliphatic carbocycles. The zero-order valence-corrected chi connectivity index (χ0v) is 14.4. The molecule has 0 atom stereocenters. The van der Waals surface area contributed by atoms with Gasteiger partial charge in [0.05, 0.1) is 16.5 Å². The van der Waals surface area contributed by atoms with E-state index in [4.69, 9.17) is 23.8 Å². The topological polar surface area (TPSA) is 49.4 Å². The number of carbonyl (C=O) groups is 2. The van der Waals surface area contributed by atoms with Crippen molar-refractivity contribution in [3.63, 3.8) is 0 Å². The first-order valence-electron chi connectivity index (χ1n) is 7.09. The quantitative estimate of drug-likeness (QED) is 0.597. The number of hydrogen-bond acceptors (Lipinski definition) is 4. The molecule has 0 unspecified atom stereocenters. The Morgan fingerprint density at radius 2 is 2.09 bits per heavy atom. The van der Waals surface area contributed by atoms with Crippen LogP contribution in [0.5, 0.6) is 0 Å². The predicted molar refractivity (Wildman–Crippen MR) is 95.3 cm³/mol. The van der Waals surface area contributed by atoms with E-state index in [2.05, 4.69) is 5.32 Å². The fraction of sp³-hybridized carbons (Fsp3) is 0.400. The molecule has 1 heterocycles. The Bertz CT molecular complexity index is 564. The summed E-state index contributed by atoms with van der Waals surface area (Å²) >= 11 is 12.5. The van der Waals surface area contributed by atoms with Crippen molar-refractivity contribution in [2.75, 3.05) is 17.6 Å². The van der Waals surface area contributed by atoms with Crippen LogP contribution in [0.3, 0.4) is 0 Å². The maximum atomic E-state index is 11.8. The van der Waals surface area contributed by atoms with Gasteiger partial charge in [-0.2, -0.15) is 0 Å². The Morgan fingerprint density at radius 3 is 2.77 bits per heavy atom. The summed E-state index contributed by atoms with van der Waals surface area (Å²) < 4.78 is 0.668. The van der Waals surface area contributed by atoms with Gasteiger partial charge >= 0.3 is 0 Å². The van der Waals surface area contributed by atoms with E-state index in [9.17, 15) is 9.59 Å². The average Bonchev–Trinajstić information content (AvgIpc) is 2.81.